The Morgan fingerprint density at radius 2 is 1.79 bits per heavy atom. The van der Waals surface area contributed by atoms with Gasteiger partial charge in [0.1, 0.15) is 18.1 Å². The molecule has 0 fully saturated rings. The van der Waals surface area contributed by atoms with Gasteiger partial charge in [0.15, 0.2) is 0 Å². The fourth-order valence-electron chi connectivity index (χ4n) is 1.27. The van der Waals surface area contributed by atoms with Crippen LogP contribution in [0, 0.1) is 6.92 Å². The second-order valence-corrected chi connectivity index (χ2v) is 6.17. The average Bonchev–Trinajstić information content (AvgIpc) is 2.17. The molecule has 0 N–H and O–H groups in total. The summed E-state index contributed by atoms with van der Waals surface area (Å²) < 4.78 is 10.4. The molecule has 0 heterocycles. The average molecular weight is 253 g/mol. The Morgan fingerprint density at radius 1 is 1.14 bits per heavy atom. The van der Waals surface area contributed by atoms with Crippen molar-refractivity contribution < 1.29 is 9.47 Å². The predicted octanol–water partition coefficient (Wildman–Crippen LogP) is 3.43. The minimum atomic E-state index is -1.19. The van der Waals surface area contributed by atoms with Crippen molar-refractivity contribution >= 4 is 34.4 Å². The molecule has 14 heavy (non-hydrogen) atoms. The Morgan fingerprint density at radius 3 is 2.21 bits per heavy atom. The van der Waals surface area contributed by atoms with Crippen molar-refractivity contribution in [3.8, 4) is 11.5 Å². The van der Waals surface area contributed by atoms with Crippen LogP contribution in [0.15, 0.2) is 12.1 Å². The smallest absolute Gasteiger partial charge is 0.135 e. The molecule has 1 rings (SSSR count). The van der Waals surface area contributed by atoms with Gasteiger partial charge in [-0.15, -0.1) is 0 Å². The highest BCUT2D eigenvalue weighted by molar-refractivity contribution is 8.09. The largest absolute Gasteiger partial charge is 0.496 e. The minimum Gasteiger partial charge on any atom is -0.496 e. The standard InChI is InChI=1S/C9H11Cl2O2P/c1-6-7(12-2)4-5-8(14(10)11)9(6)13-3/h4-5H,1-3H3. The van der Waals surface area contributed by atoms with Crippen LogP contribution in [-0.2, 0) is 0 Å². The topological polar surface area (TPSA) is 18.5 Å². The van der Waals surface area contributed by atoms with Gasteiger partial charge in [0.05, 0.1) is 14.2 Å². The van der Waals surface area contributed by atoms with E-state index in [4.69, 9.17) is 32.0 Å². The zero-order valence-corrected chi connectivity index (χ0v) is 10.6. The van der Waals surface area contributed by atoms with Crippen LogP contribution >= 0.6 is 29.1 Å². The van der Waals surface area contributed by atoms with E-state index in [1.807, 2.05) is 19.1 Å². The van der Waals surface area contributed by atoms with Gasteiger partial charge in [0.2, 0.25) is 0 Å². The highest BCUT2D eigenvalue weighted by Crippen LogP contribution is 2.49. The maximum atomic E-state index is 5.86. The van der Waals surface area contributed by atoms with Crippen LogP contribution < -0.4 is 14.8 Å². The third kappa shape index (κ3) is 2.25. The Bertz CT molecular complexity index is 329. The summed E-state index contributed by atoms with van der Waals surface area (Å²) in [6, 6.07) is 3.67. The Kier molecular flexibility index (Phi) is 4.31. The molecule has 1 aromatic carbocycles. The van der Waals surface area contributed by atoms with Crippen molar-refractivity contribution in [2.24, 2.45) is 0 Å². The summed E-state index contributed by atoms with van der Waals surface area (Å²) in [5, 5.41) is 0.823. The molecule has 78 valence electrons. The number of methoxy groups -OCH3 is 2. The SMILES string of the molecule is COc1ccc(P(Cl)Cl)c(OC)c1C. The summed E-state index contributed by atoms with van der Waals surface area (Å²) in [4.78, 5) is 0. The molecule has 0 bridgehead atoms. The van der Waals surface area contributed by atoms with Crippen LogP contribution in [0.1, 0.15) is 5.56 Å². The highest BCUT2D eigenvalue weighted by Gasteiger charge is 2.15. The summed E-state index contributed by atoms with van der Waals surface area (Å²) in [6.07, 6.45) is 0. The molecule has 2 nitrogen and oxygen atoms in total. The summed E-state index contributed by atoms with van der Waals surface area (Å²) in [7, 11) is 3.21. The van der Waals surface area contributed by atoms with Gasteiger partial charge in [-0.2, -0.15) is 0 Å². The van der Waals surface area contributed by atoms with E-state index in [0.717, 1.165) is 16.6 Å². The van der Waals surface area contributed by atoms with Crippen LogP contribution in [0.3, 0.4) is 0 Å². The van der Waals surface area contributed by atoms with E-state index in [2.05, 4.69) is 0 Å². The normalized spacial score (nSPS) is 10.4. The second kappa shape index (κ2) is 5.06. The Balaban J connectivity index is 3.28. The first-order valence-electron chi connectivity index (χ1n) is 3.95. The van der Waals surface area contributed by atoms with Gasteiger partial charge in [0, 0.05) is 10.9 Å². The van der Waals surface area contributed by atoms with E-state index < -0.39 is 6.63 Å². The zero-order chi connectivity index (χ0) is 10.7. The molecule has 0 saturated carbocycles. The quantitative estimate of drug-likeness (QED) is 0.768. The summed E-state index contributed by atoms with van der Waals surface area (Å²) >= 11 is 11.7. The maximum Gasteiger partial charge on any atom is 0.135 e. The fourth-order valence-corrected chi connectivity index (χ4v) is 2.67. The molecule has 0 atom stereocenters. The molecule has 0 aliphatic carbocycles. The lowest BCUT2D eigenvalue weighted by atomic mass is 10.2. The molecule has 0 aliphatic heterocycles. The second-order valence-electron chi connectivity index (χ2n) is 2.68. The summed E-state index contributed by atoms with van der Waals surface area (Å²) in [5.41, 5.74) is 0.918. The van der Waals surface area contributed by atoms with Crippen molar-refractivity contribution in [2.75, 3.05) is 14.2 Å². The lowest BCUT2D eigenvalue weighted by Gasteiger charge is -2.14. The van der Waals surface area contributed by atoms with Crippen molar-refractivity contribution in [2.45, 2.75) is 6.92 Å². The van der Waals surface area contributed by atoms with Crippen LogP contribution in [0.25, 0.3) is 0 Å². The Hall–Kier alpha value is -0.170. The van der Waals surface area contributed by atoms with E-state index in [9.17, 15) is 0 Å². The third-order valence-corrected chi connectivity index (χ3v) is 3.75. The van der Waals surface area contributed by atoms with Gasteiger partial charge in [-0.1, -0.05) is 22.5 Å². The number of benzene rings is 1. The van der Waals surface area contributed by atoms with Crippen LogP contribution in [0.2, 0.25) is 0 Å². The van der Waals surface area contributed by atoms with Crippen molar-refractivity contribution in [3.05, 3.63) is 17.7 Å². The van der Waals surface area contributed by atoms with Gasteiger partial charge in [-0.3, -0.25) is 0 Å². The Labute approximate surface area is 94.4 Å². The molecule has 0 unspecified atom stereocenters. The number of halogens is 2. The molecule has 0 radical (unpaired) electrons. The minimum absolute atomic E-state index is 0.709. The molecule has 0 amide bonds. The zero-order valence-electron chi connectivity index (χ0n) is 8.17. The number of rotatable bonds is 3. The molecule has 5 heteroatoms. The molecule has 1 aromatic rings. The molecule has 0 spiro atoms. The van der Waals surface area contributed by atoms with Crippen molar-refractivity contribution in [1.82, 2.24) is 0 Å². The first kappa shape index (κ1) is 11.9. The number of hydrogen-bond donors (Lipinski definition) is 0. The fraction of sp³-hybridized carbons (Fsp3) is 0.333. The van der Waals surface area contributed by atoms with E-state index in [1.165, 1.54) is 0 Å². The summed E-state index contributed by atoms with van der Waals surface area (Å²) in [6.45, 7) is 0.719. The van der Waals surface area contributed by atoms with Gasteiger partial charge < -0.3 is 9.47 Å². The molecule has 0 aliphatic rings. The number of ether oxygens (including phenoxy) is 2. The van der Waals surface area contributed by atoms with E-state index >= 15 is 0 Å². The van der Waals surface area contributed by atoms with Crippen LogP contribution in [-0.4, -0.2) is 14.2 Å². The lowest BCUT2D eigenvalue weighted by Crippen LogP contribution is -2.05. The van der Waals surface area contributed by atoms with Gasteiger partial charge in [0.25, 0.3) is 0 Å². The first-order valence-corrected chi connectivity index (χ1v) is 7.10. The number of hydrogen-bond acceptors (Lipinski definition) is 2. The molecule has 0 saturated heterocycles. The van der Waals surface area contributed by atoms with Crippen molar-refractivity contribution in [1.29, 1.82) is 0 Å². The third-order valence-electron chi connectivity index (χ3n) is 1.94. The van der Waals surface area contributed by atoms with Gasteiger partial charge in [-0.05, 0) is 19.1 Å². The highest BCUT2D eigenvalue weighted by atomic mass is 35.9. The van der Waals surface area contributed by atoms with Gasteiger partial charge >= 0.3 is 0 Å². The van der Waals surface area contributed by atoms with E-state index in [-0.39, 0.29) is 0 Å². The first-order chi connectivity index (χ1) is 6.61. The molecule has 0 aromatic heterocycles. The molecular formula is C9H11Cl2O2P. The van der Waals surface area contributed by atoms with E-state index in [1.54, 1.807) is 14.2 Å². The predicted molar refractivity (Wildman–Crippen MR) is 62.5 cm³/mol. The van der Waals surface area contributed by atoms with Crippen LogP contribution in [0.5, 0.6) is 11.5 Å². The van der Waals surface area contributed by atoms with Crippen molar-refractivity contribution in [3.63, 3.8) is 0 Å². The maximum absolute atomic E-state index is 5.86. The van der Waals surface area contributed by atoms with Crippen LogP contribution in [0.4, 0.5) is 0 Å². The van der Waals surface area contributed by atoms with Gasteiger partial charge in [-0.25, -0.2) is 0 Å². The summed E-state index contributed by atoms with van der Waals surface area (Å²) in [5.74, 6) is 1.48. The molecular weight excluding hydrogens is 242 g/mol. The van der Waals surface area contributed by atoms with E-state index in [0.29, 0.717) is 5.75 Å². The monoisotopic (exact) mass is 252 g/mol. The lowest BCUT2D eigenvalue weighted by molar-refractivity contribution is 0.391.